The lowest BCUT2D eigenvalue weighted by molar-refractivity contribution is 0.0950. The van der Waals surface area contributed by atoms with Gasteiger partial charge in [0.15, 0.2) is 0 Å². The molecule has 0 aromatic heterocycles. The summed E-state index contributed by atoms with van der Waals surface area (Å²) in [5, 5.41) is 2.85. The normalized spacial score (nSPS) is 11.7. The van der Waals surface area contributed by atoms with Crippen molar-refractivity contribution in [3.8, 4) is 5.75 Å². The molecule has 0 saturated heterocycles. The van der Waals surface area contributed by atoms with Gasteiger partial charge in [-0.05, 0) is 68.9 Å². The van der Waals surface area contributed by atoms with E-state index in [9.17, 15) is 13.2 Å². The monoisotopic (exact) mass is 433 g/mol. The number of carbonyl (C=O) groups excluding carboxylic acids is 1. The molecule has 2 aromatic rings. The van der Waals surface area contributed by atoms with Crippen LogP contribution >= 0.6 is 0 Å². The topological polar surface area (TPSA) is 79.0 Å². The van der Waals surface area contributed by atoms with E-state index in [1.807, 2.05) is 43.3 Å². The van der Waals surface area contributed by atoms with Crippen molar-refractivity contribution in [2.45, 2.75) is 25.3 Å². The number of sulfonamides is 1. The van der Waals surface area contributed by atoms with Crippen LogP contribution in [-0.2, 0) is 16.6 Å². The number of ether oxygens (including phenoxy) is 1. The Morgan fingerprint density at radius 3 is 2.23 bits per heavy atom. The van der Waals surface area contributed by atoms with E-state index < -0.39 is 10.0 Å². The fraction of sp³-hybridized carbons (Fsp3) is 0.409. The van der Waals surface area contributed by atoms with Gasteiger partial charge in [-0.1, -0.05) is 12.1 Å². The second kappa shape index (κ2) is 10.1. The van der Waals surface area contributed by atoms with Crippen molar-refractivity contribution in [3.63, 3.8) is 0 Å². The summed E-state index contributed by atoms with van der Waals surface area (Å²) in [6, 6.07) is 10.7. The number of aryl methyl sites for hydroxylation is 1. The van der Waals surface area contributed by atoms with Crippen LogP contribution in [0.15, 0.2) is 41.3 Å². The number of amides is 1. The van der Waals surface area contributed by atoms with Crippen LogP contribution in [0.1, 0.15) is 27.0 Å². The summed E-state index contributed by atoms with van der Waals surface area (Å²) >= 11 is 0. The van der Waals surface area contributed by atoms with Crippen LogP contribution in [0, 0.1) is 13.8 Å². The highest BCUT2D eigenvalue weighted by Crippen LogP contribution is 2.23. The predicted octanol–water partition coefficient (Wildman–Crippen LogP) is 2.42. The Kier molecular flexibility index (Phi) is 8.00. The number of likely N-dealkylation sites (N-methyl/N-ethyl adjacent to an activating group) is 1. The van der Waals surface area contributed by atoms with Gasteiger partial charge in [0, 0.05) is 32.7 Å². The molecule has 0 heterocycles. The first-order valence-electron chi connectivity index (χ1n) is 9.71. The van der Waals surface area contributed by atoms with Crippen molar-refractivity contribution >= 4 is 15.9 Å². The van der Waals surface area contributed by atoms with E-state index in [1.165, 1.54) is 20.2 Å². The van der Waals surface area contributed by atoms with E-state index in [0.717, 1.165) is 27.7 Å². The number of nitrogens with zero attached hydrogens (tertiary/aromatic N) is 2. The van der Waals surface area contributed by atoms with Gasteiger partial charge in [-0.3, -0.25) is 4.79 Å². The molecule has 0 atom stereocenters. The third kappa shape index (κ3) is 6.04. The number of hydrogen-bond donors (Lipinski definition) is 1. The highest BCUT2D eigenvalue weighted by atomic mass is 32.2. The number of benzene rings is 2. The molecule has 0 fully saturated rings. The summed E-state index contributed by atoms with van der Waals surface area (Å²) in [5.74, 6) is 0.458. The Morgan fingerprint density at radius 1 is 1.03 bits per heavy atom. The molecular formula is C22H31N3O4S. The van der Waals surface area contributed by atoms with Gasteiger partial charge in [0.25, 0.3) is 5.91 Å². The largest absolute Gasteiger partial charge is 0.492 e. The highest BCUT2D eigenvalue weighted by Gasteiger charge is 2.22. The molecule has 2 aromatic carbocycles. The molecule has 0 saturated carbocycles. The van der Waals surface area contributed by atoms with Gasteiger partial charge in [-0.25, -0.2) is 12.7 Å². The van der Waals surface area contributed by atoms with Crippen molar-refractivity contribution < 1.29 is 17.9 Å². The van der Waals surface area contributed by atoms with Crippen molar-refractivity contribution in [1.29, 1.82) is 0 Å². The van der Waals surface area contributed by atoms with Gasteiger partial charge in [-0.2, -0.15) is 0 Å². The van der Waals surface area contributed by atoms with Crippen LogP contribution in [0.25, 0.3) is 0 Å². The molecule has 2 rings (SSSR count). The van der Waals surface area contributed by atoms with E-state index in [1.54, 1.807) is 19.9 Å². The molecule has 0 radical (unpaired) electrons. The Hall–Kier alpha value is -2.42. The third-order valence-electron chi connectivity index (χ3n) is 4.82. The minimum Gasteiger partial charge on any atom is -0.492 e. The van der Waals surface area contributed by atoms with Crippen LogP contribution < -0.4 is 10.1 Å². The zero-order valence-corrected chi connectivity index (χ0v) is 19.3. The Labute approximate surface area is 179 Å². The van der Waals surface area contributed by atoms with E-state index in [4.69, 9.17) is 4.74 Å². The molecule has 164 valence electrons. The van der Waals surface area contributed by atoms with E-state index in [-0.39, 0.29) is 10.8 Å². The van der Waals surface area contributed by atoms with E-state index >= 15 is 0 Å². The standard InChI is InChI=1S/C22H31N3O4S/c1-16-13-19(14-21(17(16)2)30(27,28)25(5)6)22(26)23-15-18-7-9-20(10-8-18)29-12-11-24(3)4/h7-10,13-14H,11-12,15H2,1-6H3,(H,23,26). The van der Waals surface area contributed by atoms with E-state index in [0.29, 0.717) is 24.3 Å². The molecule has 7 nitrogen and oxygen atoms in total. The smallest absolute Gasteiger partial charge is 0.251 e. The van der Waals surface area contributed by atoms with Gasteiger partial charge in [-0.15, -0.1) is 0 Å². The number of hydrogen-bond acceptors (Lipinski definition) is 5. The minimum absolute atomic E-state index is 0.150. The fourth-order valence-electron chi connectivity index (χ4n) is 2.76. The Morgan fingerprint density at radius 2 is 1.67 bits per heavy atom. The van der Waals surface area contributed by atoms with Crippen molar-refractivity contribution in [1.82, 2.24) is 14.5 Å². The molecule has 0 aliphatic carbocycles. The average molecular weight is 434 g/mol. The first-order valence-corrected chi connectivity index (χ1v) is 11.1. The highest BCUT2D eigenvalue weighted by molar-refractivity contribution is 7.89. The molecule has 1 N–H and O–H groups in total. The summed E-state index contributed by atoms with van der Waals surface area (Å²) in [7, 11) is 3.30. The maximum atomic E-state index is 12.7. The van der Waals surface area contributed by atoms with Crippen molar-refractivity contribution in [2.75, 3.05) is 41.3 Å². The quantitative estimate of drug-likeness (QED) is 0.657. The molecule has 0 spiro atoms. The summed E-state index contributed by atoms with van der Waals surface area (Å²) < 4.78 is 32.0. The van der Waals surface area contributed by atoms with Gasteiger partial charge in [0.2, 0.25) is 10.0 Å². The Bertz CT molecular complexity index is 984. The fourth-order valence-corrected chi connectivity index (χ4v) is 3.97. The molecule has 0 aliphatic heterocycles. The van der Waals surface area contributed by atoms with Crippen LogP contribution in [0.5, 0.6) is 5.75 Å². The minimum atomic E-state index is -3.63. The van der Waals surface area contributed by atoms with Crippen LogP contribution in [0.2, 0.25) is 0 Å². The average Bonchev–Trinajstić information content (AvgIpc) is 2.68. The summed E-state index contributed by atoms with van der Waals surface area (Å²) in [6.45, 7) is 5.32. The van der Waals surface area contributed by atoms with Gasteiger partial charge >= 0.3 is 0 Å². The second-order valence-corrected chi connectivity index (χ2v) is 9.80. The molecule has 0 bridgehead atoms. The molecule has 30 heavy (non-hydrogen) atoms. The van der Waals surface area contributed by atoms with Gasteiger partial charge in [0.05, 0.1) is 4.90 Å². The molecular weight excluding hydrogens is 402 g/mol. The SMILES string of the molecule is Cc1cc(C(=O)NCc2ccc(OCCN(C)C)cc2)cc(S(=O)(=O)N(C)C)c1C. The van der Waals surface area contributed by atoms with Crippen molar-refractivity contribution in [3.05, 3.63) is 58.7 Å². The molecule has 0 unspecified atom stereocenters. The molecule has 8 heteroatoms. The maximum absolute atomic E-state index is 12.7. The summed E-state index contributed by atoms with van der Waals surface area (Å²) in [5.41, 5.74) is 2.64. The van der Waals surface area contributed by atoms with Crippen LogP contribution in [0.4, 0.5) is 0 Å². The number of carbonyl (C=O) groups is 1. The second-order valence-electron chi connectivity index (χ2n) is 7.68. The summed E-state index contributed by atoms with van der Waals surface area (Å²) in [6.07, 6.45) is 0. The van der Waals surface area contributed by atoms with Gasteiger partial charge < -0.3 is 15.0 Å². The maximum Gasteiger partial charge on any atom is 0.251 e. The zero-order valence-electron chi connectivity index (χ0n) is 18.5. The predicted molar refractivity (Wildman–Crippen MR) is 118 cm³/mol. The third-order valence-corrected chi connectivity index (χ3v) is 6.77. The molecule has 1 amide bonds. The lowest BCUT2D eigenvalue weighted by atomic mass is 10.1. The Balaban J connectivity index is 2.07. The van der Waals surface area contributed by atoms with Gasteiger partial charge in [0.1, 0.15) is 12.4 Å². The van der Waals surface area contributed by atoms with Crippen LogP contribution in [0.3, 0.4) is 0 Å². The first-order chi connectivity index (χ1) is 14.0. The number of nitrogens with one attached hydrogen (secondary N) is 1. The van der Waals surface area contributed by atoms with Crippen molar-refractivity contribution in [2.24, 2.45) is 0 Å². The zero-order chi connectivity index (χ0) is 22.5. The van der Waals surface area contributed by atoms with Crippen LogP contribution in [-0.4, -0.2) is 64.9 Å². The van der Waals surface area contributed by atoms with E-state index in [2.05, 4.69) is 5.32 Å². The lowest BCUT2D eigenvalue weighted by Crippen LogP contribution is -2.26. The lowest BCUT2D eigenvalue weighted by Gasteiger charge is -2.16. The number of rotatable bonds is 9. The first kappa shape index (κ1) is 23.9. The summed E-state index contributed by atoms with van der Waals surface area (Å²) in [4.78, 5) is 14.9. The molecule has 0 aliphatic rings.